The van der Waals surface area contributed by atoms with Crippen LogP contribution < -0.4 is 4.90 Å². The molecular formula is C19H18N6O. The minimum Gasteiger partial charge on any atom is -0.342 e. The first-order valence-electron chi connectivity index (χ1n) is 8.23. The van der Waals surface area contributed by atoms with Gasteiger partial charge >= 0.3 is 0 Å². The van der Waals surface area contributed by atoms with Crippen LogP contribution in [0.5, 0.6) is 0 Å². The Labute approximate surface area is 150 Å². The molecule has 130 valence electrons. The smallest absolute Gasteiger partial charge is 0.276 e. The van der Waals surface area contributed by atoms with Gasteiger partial charge in [0.1, 0.15) is 17.2 Å². The van der Waals surface area contributed by atoms with E-state index >= 15 is 0 Å². The number of rotatable bonds is 3. The largest absolute Gasteiger partial charge is 0.342 e. The quantitative estimate of drug-likeness (QED) is 0.618. The molecule has 0 bridgehead atoms. The van der Waals surface area contributed by atoms with Crippen LogP contribution in [0.4, 0.5) is 5.69 Å². The highest BCUT2D eigenvalue weighted by Gasteiger charge is 2.20. The van der Waals surface area contributed by atoms with Gasteiger partial charge in [0.25, 0.3) is 5.91 Å². The number of anilines is 1. The number of imidazole rings is 1. The second kappa shape index (κ2) is 6.11. The Bertz CT molecular complexity index is 1100. The fourth-order valence-electron chi connectivity index (χ4n) is 2.93. The summed E-state index contributed by atoms with van der Waals surface area (Å²) >= 11 is 0. The molecule has 0 aliphatic rings. The SMILES string of the molecule is Cc1nc2ccc(N(C)C(=O)c3cc(-c4ccccn4)nn3C)cc2[nH]1. The number of amides is 1. The Kier molecular flexibility index (Phi) is 3.76. The lowest BCUT2D eigenvalue weighted by Gasteiger charge is -2.17. The van der Waals surface area contributed by atoms with Gasteiger partial charge in [-0.2, -0.15) is 5.10 Å². The van der Waals surface area contributed by atoms with Crippen molar-refractivity contribution < 1.29 is 4.79 Å². The van der Waals surface area contributed by atoms with Crippen LogP contribution in [-0.4, -0.2) is 37.7 Å². The van der Waals surface area contributed by atoms with Crippen LogP contribution in [0.2, 0.25) is 0 Å². The van der Waals surface area contributed by atoms with Crippen molar-refractivity contribution in [2.24, 2.45) is 7.05 Å². The average molecular weight is 346 g/mol. The molecule has 4 rings (SSSR count). The third-order valence-electron chi connectivity index (χ3n) is 4.30. The normalized spacial score (nSPS) is 11.0. The van der Waals surface area contributed by atoms with Crippen LogP contribution in [0.3, 0.4) is 0 Å². The molecule has 0 radical (unpaired) electrons. The molecule has 7 nitrogen and oxygen atoms in total. The van der Waals surface area contributed by atoms with Gasteiger partial charge in [-0.1, -0.05) is 6.07 Å². The number of H-pyrrole nitrogens is 1. The highest BCUT2D eigenvalue weighted by Crippen LogP contribution is 2.23. The van der Waals surface area contributed by atoms with Crippen LogP contribution in [0.25, 0.3) is 22.4 Å². The fraction of sp³-hybridized carbons (Fsp3) is 0.158. The molecule has 1 N–H and O–H groups in total. The van der Waals surface area contributed by atoms with Crippen molar-refractivity contribution in [2.75, 3.05) is 11.9 Å². The van der Waals surface area contributed by atoms with Gasteiger partial charge in [0.15, 0.2) is 0 Å². The molecular weight excluding hydrogens is 328 g/mol. The van der Waals surface area contributed by atoms with Gasteiger partial charge in [0.2, 0.25) is 0 Å². The number of aromatic nitrogens is 5. The average Bonchev–Trinajstić information content (AvgIpc) is 3.22. The zero-order valence-electron chi connectivity index (χ0n) is 14.8. The summed E-state index contributed by atoms with van der Waals surface area (Å²) in [5.41, 5.74) is 4.47. The van der Waals surface area contributed by atoms with E-state index < -0.39 is 0 Å². The molecule has 1 amide bonds. The second-order valence-electron chi connectivity index (χ2n) is 6.14. The zero-order valence-corrected chi connectivity index (χ0v) is 14.8. The summed E-state index contributed by atoms with van der Waals surface area (Å²) in [6.07, 6.45) is 1.71. The minimum atomic E-state index is -0.141. The highest BCUT2D eigenvalue weighted by molar-refractivity contribution is 6.05. The molecule has 7 heteroatoms. The van der Waals surface area contributed by atoms with Gasteiger partial charge in [0.05, 0.1) is 16.7 Å². The Morgan fingerprint density at radius 2 is 2.00 bits per heavy atom. The standard InChI is InChI=1S/C19H18N6O/c1-12-21-15-8-7-13(10-16(15)22-12)24(2)19(26)18-11-17(23-25(18)3)14-6-4-5-9-20-14/h4-11H,1-3H3,(H,21,22). The number of pyridine rings is 1. The Morgan fingerprint density at radius 1 is 1.15 bits per heavy atom. The maximum Gasteiger partial charge on any atom is 0.276 e. The number of benzene rings is 1. The number of carbonyl (C=O) groups excluding carboxylic acids is 1. The van der Waals surface area contributed by atoms with Gasteiger partial charge in [-0.3, -0.25) is 14.5 Å². The third kappa shape index (κ3) is 2.73. The molecule has 0 fully saturated rings. The zero-order chi connectivity index (χ0) is 18.3. The van der Waals surface area contributed by atoms with Crippen molar-refractivity contribution in [3.8, 4) is 11.4 Å². The van der Waals surface area contributed by atoms with E-state index in [9.17, 15) is 4.79 Å². The summed E-state index contributed by atoms with van der Waals surface area (Å²) in [7, 11) is 3.51. The maximum absolute atomic E-state index is 13.0. The molecule has 1 aromatic carbocycles. The molecule has 0 atom stereocenters. The number of hydrogen-bond acceptors (Lipinski definition) is 4. The van der Waals surface area contributed by atoms with E-state index in [1.807, 2.05) is 43.3 Å². The first-order valence-corrected chi connectivity index (χ1v) is 8.23. The first kappa shape index (κ1) is 16.0. The van der Waals surface area contributed by atoms with Gasteiger partial charge < -0.3 is 9.88 Å². The van der Waals surface area contributed by atoms with E-state index in [-0.39, 0.29) is 5.91 Å². The first-order chi connectivity index (χ1) is 12.5. The van der Waals surface area contributed by atoms with E-state index in [0.29, 0.717) is 11.4 Å². The summed E-state index contributed by atoms with van der Waals surface area (Å²) < 4.78 is 1.59. The van der Waals surface area contributed by atoms with Gasteiger partial charge in [-0.15, -0.1) is 0 Å². The molecule has 0 saturated carbocycles. The number of nitrogens with zero attached hydrogens (tertiary/aromatic N) is 5. The lowest BCUT2D eigenvalue weighted by atomic mass is 10.2. The number of aryl methyl sites for hydroxylation is 2. The van der Waals surface area contributed by atoms with Crippen molar-refractivity contribution in [3.63, 3.8) is 0 Å². The number of fused-ring (bicyclic) bond motifs is 1. The Balaban J connectivity index is 1.67. The van der Waals surface area contributed by atoms with E-state index in [0.717, 1.165) is 28.2 Å². The van der Waals surface area contributed by atoms with Gasteiger partial charge in [-0.05, 0) is 43.3 Å². The lowest BCUT2D eigenvalue weighted by Crippen LogP contribution is -2.28. The summed E-state index contributed by atoms with van der Waals surface area (Å²) in [4.78, 5) is 26.4. The van der Waals surface area contributed by atoms with E-state index in [2.05, 4.69) is 20.1 Å². The third-order valence-corrected chi connectivity index (χ3v) is 4.30. The fourth-order valence-corrected chi connectivity index (χ4v) is 2.93. The van der Waals surface area contributed by atoms with E-state index in [1.165, 1.54) is 0 Å². The van der Waals surface area contributed by atoms with E-state index in [1.54, 1.807) is 35.9 Å². The lowest BCUT2D eigenvalue weighted by molar-refractivity contribution is 0.0984. The Hall–Kier alpha value is -3.48. The van der Waals surface area contributed by atoms with E-state index in [4.69, 9.17) is 0 Å². The molecule has 0 spiro atoms. The van der Waals surface area contributed by atoms with Crippen molar-refractivity contribution in [3.05, 3.63) is 60.2 Å². The van der Waals surface area contributed by atoms with Crippen molar-refractivity contribution in [1.29, 1.82) is 0 Å². The monoisotopic (exact) mass is 346 g/mol. The second-order valence-corrected chi connectivity index (χ2v) is 6.14. The molecule has 0 saturated heterocycles. The van der Waals surface area contributed by atoms with Gasteiger partial charge in [0, 0.05) is 26.0 Å². The molecule has 0 unspecified atom stereocenters. The summed E-state index contributed by atoms with van der Waals surface area (Å²) in [5.74, 6) is 0.704. The van der Waals surface area contributed by atoms with Crippen LogP contribution in [-0.2, 0) is 7.05 Å². The summed E-state index contributed by atoms with van der Waals surface area (Å²) in [6.45, 7) is 1.91. The molecule has 3 heterocycles. The number of carbonyl (C=O) groups is 1. The van der Waals surface area contributed by atoms with Crippen molar-refractivity contribution >= 4 is 22.6 Å². The predicted octanol–water partition coefficient (Wildman–Crippen LogP) is 2.94. The Morgan fingerprint density at radius 3 is 2.77 bits per heavy atom. The van der Waals surface area contributed by atoms with Gasteiger partial charge in [-0.25, -0.2) is 4.98 Å². The maximum atomic E-state index is 13.0. The van der Waals surface area contributed by atoms with Crippen LogP contribution in [0.15, 0.2) is 48.7 Å². The number of hydrogen-bond donors (Lipinski definition) is 1. The van der Waals surface area contributed by atoms with Crippen molar-refractivity contribution in [2.45, 2.75) is 6.92 Å². The molecule has 0 aliphatic carbocycles. The van der Waals surface area contributed by atoms with Crippen molar-refractivity contribution in [1.82, 2.24) is 24.7 Å². The summed E-state index contributed by atoms with van der Waals surface area (Å²) in [6, 6.07) is 13.1. The topological polar surface area (TPSA) is 79.7 Å². The molecule has 3 aromatic heterocycles. The molecule has 4 aromatic rings. The number of aromatic amines is 1. The minimum absolute atomic E-state index is 0.141. The van der Waals surface area contributed by atoms with Crippen LogP contribution in [0.1, 0.15) is 16.3 Å². The summed E-state index contributed by atoms with van der Waals surface area (Å²) in [5, 5.41) is 4.42. The van der Waals surface area contributed by atoms with Crippen LogP contribution in [0, 0.1) is 6.92 Å². The number of nitrogens with one attached hydrogen (secondary N) is 1. The molecule has 26 heavy (non-hydrogen) atoms. The molecule has 0 aliphatic heterocycles. The highest BCUT2D eigenvalue weighted by atomic mass is 16.2. The predicted molar refractivity (Wildman–Crippen MR) is 100 cm³/mol. The van der Waals surface area contributed by atoms with Crippen LogP contribution >= 0.6 is 0 Å².